The highest BCUT2D eigenvalue weighted by atomic mass is 35.5. The highest BCUT2D eigenvalue weighted by Crippen LogP contribution is 2.32. The van der Waals surface area contributed by atoms with E-state index in [4.69, 9.17) is 17.3 Å². The number of rotatable bonds is 5. The average Bonchev–Trinajstić information content (AvgIpc) is 3.00. The molecule has 4 N–H and O–H groups in total. The van der Waals surface area contributed by atoms with Crippen molar-refractivity contribution >= 4 is 50.6 Å². The predicted molar refractivity (Wildman–Crippen MR) is 112 cm³/mol. The number of nitrogens with zero attached hydrogens (tertiary/aromatic N) is 2. The molecular weight excluding hydrogens is 398 g/mol. The van der Waals surface area contributed by atoms with Gasteiger partial charge < -0.3 is 16.4 Å². The van der Waals surface area contributed by atoms with E-state index in [-0.39, 0.29) is 21.4 Å². The minimum atomic E-state index is -0.742. The lowest BCUT2D eigenvalue weighted by atomic mass is 10.1. The quantitative estimate of drug-likeness (QED) is 0.540. The van der Waals surface area contributed by atoms with Crippen molar-refractivity contribution in [3.8, 4) is 0 Å². The summed E-state index contributed by atoms with van der Waals surface area (Å²) in [6.45, 7) is 5.71. The van der Waals surface area contributed by atoms with Gasteiger partial charge in [-0.05, 0) is 50.1 Å². The molecule has 3 rings (SSSR count). The number of thiazole rings is 1. The Morgan fingerprint density at radius 1 is 1.11 bits per heavy atom. The molecule has 0 bridgehead atoms. The number of primary amides is 1. The van der Waals surface area contributed by atoms with E-state index in [9.17, 15) is 9.59 Å². The Kier molecular flexibility index (Phi) is 5.62. The molecule has 0 atom stereocenters. The van der Waals surface area contributed by atoms with Crippen molar-refractivity contribution in [1.29, 1.82) is 0 Å². The molecule has 0 radical (unpaired) electrons. The Bertz CT molecular complexity index is 1080. The number of hydrogen-bond donors (Lipinski definition) is 3. The maximum absolute atomic E-state index is 12.6. The molecule has 0 aliphatic rings. The molecule has 0 saturated heterocycles. The van der Waals surface area contributed by atoms with Crippen LogP contribution < -0.4 is 16.4 Å². The molecule has 0 aliphatic carbocycles. The summed E-state index contributed by atoms with van der Waals surface area (Å²) in [5.74, 6) is -1.24. The summed E-state index contributed by atoms with van der Waals surface area (Å²) in [4.78, 5) is 32.6. The zero-order chi connectivity index (χ0) is 20.4. The molecule has 144 valence electrons. The number of carbonyl (C=O) groups excluding carboxylic acids is 2. The molecule has 28 heavy (non-hydrogen) atoms. The van der Waals surface area contributed by atoms with Gasteiger partial charge in [0, 0.05) is 11.4 Å². The van der Waals surface area contributed by atoms with Gasteiger partial charge >= 0.3 is 0 Å². The zero-order valence-electron chi connectivity index (χ0n) is 15.5. The van der Waals surface area contributed by atoms with Crippen LogP contribution in [0.15, 0.2) is 30.3 Å². The largest absolute Gasteiger partial charge is 0.364 e. The van der Waals surface area contributed by atoms with Crippen molar-refractivity contribution in [3.05, 3.63) is 63.6 Å². The van der Waals surface area contributed by atoms with Crippen molar-refractivity contribution in [1.82, 2.24) is 9.97 Å². The van der Waals surface area contributed by atoms with E-state index in [0.29, 0.717) is 10.8 Å². The number of halogens is 1. The number of hydrogen-bond acceptors (Lipinski definition) is 6. The molecule has 7 nitrogen and oxygen atoms in total. The molecular formula is C19H18ClN5O2S. The van der Waals surface area contributed by atoms with Gasteiger partial charge in [0.15, 0.2) is 10.8 Å². The second-order valence-electron chi connectivity index (χ2n) is 6.25. The summed E-state index contributed by atoms with van der Waals surface area (Å²) in [6, 6.07) is 9.20. The molecule has 0 unspecified atom stereocenters. The molecule has 1 aromatic carbocycles. The van der Waals surface area contributed by atoms with Gasteiger partial charge in [-0.15, -0.1) is 0 Å². The molecule has 2 amide bonds. The van der Waals surface area contributed by atoms with E-state index in [2.05, 4.69) is 20.6 Å². The fourth-order valence-electron chi connectivity index (χ4n) is 2.48. The molecule has 2 heterocycles. The zero-order valence-corrected chi connectivity index (χ0v) is 17.0. The number of anilines is 3. The number of pyridine rings is 1. The van der Waals surface area contributed by atoms with Crippen LogP contribution >= 0.6 is 22.9 Å². The summed E-state index contributed by atoms with van der Waals surface area (Å²) in [6.07, 6.45) is 0. The minimum absolute atomic E-state index is 0.0256. The van der Waals surface area contributed by atoms with E-state index in [0.717, 1.165) is 28.2 Å². The summed E-state index contributed by atoms with van der Waals surface area (Å²) in [7, 11) is 0. The van der Waals surface area contributed by atoms with Crippen LogP contribution in [0.5, 0.6) is 0 Å². The second kappa shape index (κ2) is 7.95. The van der Waals surface area contributed by atoms with Gasteiger partial charge in [0.25, 0.3) is 11.8 Å². The number of aromatic nitrogens is 2. The average molecular weight is 416 g/mol. The van der Waals surface area contributed by atoms with Gasteiger partial charge in [-0.2, -0.15) is 0 Å². The normalized spacial score (nSPS) is 10.6. The van der Waals surface area contributed by atoms with E-state index >= 15 is 0 Å². The molecule has 3 aromatic rings. The third-order valence-corrected chi connectivity index (χ3v) is 5.13. The van der Waals surface area contributed by atoms with Crippen molar-refractivity contribution in [2.24, 2.45) is 5.73 Å². The van der Waals surface area contributed by atoms with Crippen molar-refractivity contribution in [3.63, 3.8) is 0 Å². The fraction of sp³-hybridized carbons (Fsp3) is 0.158. The Balaban J connectivity index is 1.89. The predicted octanol–water partition coefficient (Wildman–Crippen LogP) is 4.21. The van der Waals surface area contributed by atoms with Crippen LogP contribution in [0.4, 0.5) is 15.8 Å². The SMILES string of the molecule is Cc1ccc(C)c(Nc2nc(C(N)=O)c(NC(=O)c3ccc(C)nc3Cl)s2)c1. The number of amides is 2. The van der Waals surface area contributed by atoms with Crippen LogP contribution in [-0.4, -0.2) is 21.8 Å². The molecule has 2 aromatic heterocycles. The Labute approximate surface area is 171 Å². The second-order valence-corrected chi connectivity index (χ2v) is 7.61. The Morgan fingerprint density at radius 2 is 1.86 bits per heavy atom. The number of benzene rings is 1. The third-order valence-electron chi connectivity index (χ3n) is 3.95. The van der Waals surface area contributed by atoms with Crippen molar-refractivity contribution in [2.75, 3.05) is 10.6 Å². The van der Waals surface area contributed by atoms with Crippen LogP contribution in [0.1, 0.15) is 37.7 Å². The van der Waals surface area contributed by atoms with E-state index in [1.165, 1.54) is 0 Å². The summed E-state index contributed by atoms with van der Waals surface area (Å²) < 4.78 is 0. The van der Waals surface area contributed by atoms with Gasteiger partial charge in [0.1, 0.15) is 10.2 Å². The first kappa shape index (κ1) is 19.8. The van der Waals surface area contributed by atoms with Gasteiger partial charge in [0.2, 0.25) is 0 Å². The van der Waals surface area contributed by atoms with Crippen molar-refractivity contribution in [2.45, 2.75) is 20.8 Å². The highest BCUT2D eigenvalue weighted by molar-refractivity contribution is 7.20. The van der Waals surface area contributed by atoms with Gasteiger partial charge in [0.05, 0.1) is 5.56 Å². The Hall–Kier alpha value is -2.97. The van der Waals surface area contributed by atoms with E-state index in [1.807, 2.05) is 32.0 Å². The molecule has 0 spiro atoms. The molecule has 0 saturated carbocycles. The molecule has 0 fully saturated rings. The topological polar surface area (TPSA) is 110 Å². The van der Waals surface area contributed by atoms with Gasteiger partial charge in [-0.25, -0.2) is 9.97 Å². The van der Waals surface area contributed by atoms with Gasteiger partial charge in [-0.1, -0.05) is 35.1 Å². The lowest BCUT2D eigenvalue weighted by Gasteiger charge is -2.07. The fourth-order valence-corrected chi connectivity index (χ4v) is 3.64. The number of aryl methyl sites for hydroxylation is 3. The lowest BCUT2D eigenvalue weighted by Crippen LogP contribution is -2.18. The maximum Gasteiger partial charge on any atom is 0.270 e. The maximum atomic E-state index is 12.6. The number of nitrogens with two attached hydrogens (primary N) is 1. The monoisotopic (exact) mass is 415 g/mol. The van der Waals surface area contributed by atoms with Crippen molar-refractivity contribution < 1.29 is 9.59 Å². The van der Waals surface area contributed by atoms with Crippen LogP contribution in [0.3, 0.4) is 0 Å². The van der Waals surface area contributed by atoms with E-state index in [1.54, 1.807) is 19.1 Å². The van der Waals surface area contributed by atoms with Crippen LogP contribution in [0, 0.1) is 20.8 Å². The highest BCUT2D eigenvalue weighted by Gasteiger charge is 2.20. The summed E-state index contributed by atoms with van der Waals surface area (Å²) in [5.41, 5.74) is 9.24. The number of carbonyl (C=O) groups is 2. The minimum Gasteiger partial charge on any atom is -0.364 e. The van der Waals surface area contributed by atoms with E-state index < -0.39 is 11.8 Å². The third kappa shape index (κ3) is 4.29. The standard InChI is InChI=1S/C19H18ClN5O2S/c1-9-4-5-10(2)13(8-9)23-19-24-14(16(21)26)18(28-19)25-17(27)12-7-6-11(3)22-15(12)20/h4-8H,1-3H3,(H2,21,26)(H,23,24)(H,25,27). The van der Waals surface area contributed by atoms with Gasteiger partial charge in [-0.3, -0.25) is 9.59 Å². The lowest BCUT2D eigenvalue weighted by molar-refractivity contribution is 0.0997. The Morgan fingerprint density at radius 3 is 2.54 bits per heavy atom. The van der Waals surface area contributed by atoms with Crippen LogP contribution in [0.25, 0.3) is 0 Å². The first-order valence-corrected chi connectivity index (χ1v) is 9.53. The molecule has 0 aliphatic heterocycles. The number of nitrogens with one attached hydrogen (secondary N) is 2. The van der Waals surface area contributed by atoms with Crippen LogP contribution in [-0.2, 0) is 0 Å². The summed E-state index contributed by atoms with van der Waals surface area (Å²) >= 11 is 7.16. The van der Waals surface area contributed by atoms with Crippen LogP contribution in [0.2, 0.25) is 5.15 Å². The molecule has 9 heteroatoms. The first-order valence-electron chi connectivity index (χ1n) is 8.34. The summed E-state index contributed by atoms with van der Waals surface area (Å²) in [5, 5.41) is 6.58. The first-order chi connectivity index (χ1) is 13.2. The smallest absolute Gasteiger partial charge is 0.270 e.